The van der Waals surface area contributed by atoms with Crippen LogP contribution in [0.25, 0.3) is 16.7 Å². The number of alkyl halides is 3. The second-order valence-corrected chi connectivity index (χ2v) is 5.95. The molecule has 0 N–H and O–H groups in total. The minimum Gasteiger partial charge on any atom is -0.250 e. The molecule has 3 rings (SSSR count). The molecule has 0 unspecified atom stereocenters. The fourth-order valence-electron chi connectivity index (χ4n) is 2.26. The molecule has 0 fully saturated rings. The highest BCUT2D eigenvalue weighted by Gasteiger charge is 2.32. The fourth-order valence-corrected chi connectivity index (χ4v) is 2.91. The molecule has 2 heterocycles. The second kappa shape index (κ2) is 5.39. The third-order valence-corrected chi connectivity index (χ3v) is 4.13. The lowest BCUT2D eigenvalue weighted by Gasteiger charge is -2.13. The Balaban J connectivity index is 2.25. The summed E-state index contributed by atoms with van der Waals surface area (Å²) in [6, 6.07) is 3.52. The lowest BCUT2D eigenvalue weighted by atomic mass is 10.2. The van der Waals surface area contributed by atoms with Gasteiger partial charge in [0.2, 0.25) is 0 Å². The maximum Gasteiger partial charge on any atom is 0.416 e. The summed E-state index contributed by atoms with van der Waals surface area (Å²) in [4.78, 5) is 4.39. The highest BCUT2D eigenvalue weighted by atomic mass is 35.5. The molecule has 120 valence electrons. The van der Waals surface area contributed by atoms with Crippen molar-refractivity contribution in [2.24, 2.45) is 0 Å². The quantitative estimate of drug-likeness (QED) is 0.585. The van der Waals surface area contributed by atoms with Gasteiger partial charge in [-0.15, -0.1) is 0 Å². The van der Waals surface area contributed by atoms with E-state index in [1.54, 1.807) is 0 Å². The normalized spacial score (nSPS) is 12.1. The molecule has 0 aliphatic rings. The zero-order valence-corrected chi connectivity index (χ0v) is 13.6. The maximum atomic E-state index is 12.8. The summed E-state index contributed by atoms with van der Waals surface area (Å²) in [5.41, 5.74) is 2.30. The van der Waals surface area contributed by atoms with E-state index in [2.05, 4.69) is 10.1 Å². The lowest BCUT2D eigenvalue weighted by Crippen LogP contribution is -2.07. The molecule has 0 amide bonds. The van der Waals surface area contributed by atoms with Crippen molar-refractivity contribution in [2.45, 2.75) is 20.0 Å². The maximum absolute atomic E-state index is 12.8. The van der Waals surface area contributed by atoms with E-state index >= 15 is 0 Å². The van der Waals surface area contributed by atoms with E-state index in [1.807, 2.05) is 19.9 Å². The molecule has 0 saturated heterocycles. The topological polar surface area (TPSA) is 30.7 Å². The first-order valence-corrected chi connectivity index (χ1v) is 7.32. The van der Waals surface area contributed by atoms with E-state index in [9.17, 15) is 13.2 Å². The first-order chi connectivity index (χ1) is 10.7. The number of aryl methyl sites for hydroxylation is 2. The molecule has 0 spiro atoms. The third kappa shape index (κ3) is 2.77. The minimum absolute atomic E-state index is 0.131. The average Bonchev–Trinajstić information content (AvgIpc) is 2.80. The number of nitrogens with zero attached hydrogens (tertiary/aromatic N) is 3. The minimum atomic E-state index is -4.52. The van der Waals surface area contributed by atoms with Gasteiger partial charge in [0.1, 0.15) is 11.2 Å². The monoisotopic (exact) mass is 359 g/mol. The first kappa shape index (κ1) is 16.1. The molecule has 3 aromatic rings. The predicted molar refractivity (Wildman–Crippen MR) is 83.4 cm³/mol. The van der Waals surface area contributed by atoms with Gasteiger partial charge in [0, 0.05) is 5.69 Å². The summed E-state index contributed by atoms with van der Waals surface area (Å²) in [6.07, 6.45) is -3.00. The van der Waals surface area contributed by atoms with E-state index in [0.717, 1.165) is 23.4 Å². The Hall–Kier alpha value is -1.79. The van der Waals surface area contributed by atoms with Gasteiger partial charge in [0.15, 0.2) is 0 Å². The Morgan fingerprint density at radius 2 is 1.65 bits per heavy atom. The van der Waals surface area contributed by atoms with Crippen molar-refractivity contribution in [1.82, 2.24) is 14.8 Å². The fraction of sp³-hybridized carbons (Fsp3) is 0.200. The number of aromatic nitrogens is 3. The predicted octanol–water partition coefficient (Wildman–Crippen LogP) is 5.36. The molecule has 23 heavy (non-hydrogen) atoms. The van der Waals surface area contributed by atoms with E-state index in [-0.39, 0.29) is 15.7 Å². The summed E-state index contributed by atoms with van der Waals surface area (Å²) in [5.74, 6) is 0. The van der Waals surface area contributed by atoms with E-state index in [1.165, 1.54) is 10.9 Å². The van der Waals surface area contributed by atoms with Crippen LogP contribution in [0.5, 0.6) is 0 Å². The van der Waals surface area contributed by atoms with Gasteiger partial charge >= 0.3 is 6.18 Å². The Bertz CT molecular complexity index is 893. The molecule has 0 saturated carbocycles. The second-order valence-electron chi connectivity index (χ2n) is 5.14. The number of hydrogen-bond acceptors (Lipinski definition) is 2. The highest BCUT2D eigenvalue weighted by molar-refractivity contribution is 6.38. The molecule has 2 aromatic heterocycles. The smallest absolute Gasteiger partial charge is 0.250 e. The molecule has 0 radical (unpaired) electrons. The van der Waals surface area contributed by atoms with Crippen LogP contribution in [0.4, 0.5) is 13.2 Å². The molecule has 0 atom stereocenters. The lowest BCUT2D eigenvalue weighted by molar-refractivity contribution is -0.137. The molecule has 0 aliphatic heterocycles. The molecule has 0 aliphatic carbocycles. The number of pyridine rings is 1. The molecule has 8 heteroatoms. The largest absolute Gasteiger partial charge is 0.416 e. The van der Waals surface area contributed by atoms with Crippen molar-refractivity contribution in [3.05, 3.63) is 51.3 Å². The van der Waals surface area contributed by atoms with Crippen molar-refractivity contribution < 1.29 is 13.2 Å². The van der Waals surface area contributed by atoms with Crippen LogP contribution < -0.4 is 0 Å². The van der Waals surface area contributed by atoms with Gasteiger partial charge in [-0.2, -0.15) is 18.3 Å². The first-order valence-electron chi connectivity index (χ1n) is 6.57. The van der Waals surface area contributed by atoms with Gasteiger partial charge in [-0.25, -0.2) is 9.67 Å². The molecular formula is C15H10Cl2F3N3. The summed E-state index contributed by atoms with van der Waals surface area (Å²) < 4.78 is 39.9. The Kier molecular flexibility index (Phi) is 3.77. The van der Waals surface area contributed by atoms with Crippen LogP contribution in [0.3, 0.4) is 0 Å². The number of rotatable bonds is 1. The SMILES string of the molecule is Cc1cc2c(cnn2-c2c(Cl)cc(C(F)(F)F)cc2Cl)nc1C. The Morgan fingerprint density at radius 3 is 2.22 bits per heavy atom. The zero-order valence-electron chi connectivity index (χ0n) is 12.0. The number of halogens is 5. The van der Waals surface area contributed by atoms with E-state index in [0.29, 0.717) is 11.0 Å². The van der Waals surface area contributed by atoms with Gasteiger partial charge in [-0.3, -0.25) is 0 Å². The average molecular weight is 360 g/mol. The summed E-state index contributed by atoms with van der Waals surface area (Å²) in [5, 5.41) is 3.90. The molecule has 3 nitrogen and oxygen atoms in total. The number of fused-ring (bicyclic) bond motifs is 1. The van der Waals surface area contributed by atoms with Crippen molar-refractivity contribution in [1.29, 1.82) is 0 Å². The van der Waals surface area contributed by atoms with Crippen LogP contribution in [0, 0.1) is 13.8 Å². The van der Waals surface area contributed by atoms with Crippen molar-refractivity contribution >= 4 is 34.2 Å². The Labute approximate surface area is 139 Å². The van der Waals surface area contributed by atoms with Crippen LogP contribution in [-0.2, 0) is 6.18 Å². The zero-order chi connectivity index (χ0) is 16.9. The third-order valence-electron chi connectivity index (χ3n) is 3.55. The van der Waals surface area contributed by atoms with Crippen LogP contribution in [0.2, 0.25) is 10.0 Å². The summed E-state index contributed by atoms with van der Waals surface area (Å²) in [6.45, 7) is 3.75. The summed E-state index contributed by atoms with van der Waals surface area (Å²) in [7, 11) is 0. The molecular weight excluding hydrogens is 350 g/mol. The highest BCUT2D eigenvalue weighted by Crippen LogP contribution is 2.38. The van der Waals surface area contributed by atoms with Crippen LogP contribution >= 0.6 is 23.2 Å². The van der Waals surface area contributed by atoms with Crippen LogP contribution in [0.15, 0.2) is 24.4 Å². The summed E-state index contributed by atoms with van der Waals surface area (Å²) >= 11 is 12.1. The number of benzene rings is 1. The van der Waals surface area contributed by atoms with E-state index < -0.39 is 11.7 Å². The van der Waals surface area contributed by atoms with Crippen LogP contribution in [-0.4, -0.2) is 14.8 Å². The van der Waals surface area contributed by atoms with E-state index in [4.69, 9.17) is 23.2 Å². The Morgan fingerprint density at radius 1 is 1.04 bits per heavy atom. The van der Waals surface area contributed by atoms with Gasteiger partial charge < -0.3 is 0 Å². The molecule has 0 bridgehead atoms. The van der Waals surface area contributed by atoms with Gasteiger partial charge in [-0.05, 0) is 37.6 Å². The van der Waals surface area contributed by atoms with Crippen molar-refractivity contribution in [2.75, 3.05) is 0 Å². The standard InChI is InChI=1S/C15H10Cl2F3N3/c1-7-3-13-12(22-8(7)2)6-21-23(13)14-10(16)4-9(5-11(14)17)15(18,19)20/h3-6H,1-2H3. The van der Waals surface area contributed by atoms with Crippen molar-refractivity contribution in [3.8, 4) is 5.69 Å². The number of hydrogen-bond donors (Lipinski definition) is 0. The van der Waals surface area contributed by atoms with Gasteiger partial charge in [0.25, 0.3) is 0 Å². The van der Waals surface area contributed by atoms with Crippen LogP contribution in [0.1, 0.15) is 16.8 Å². The van der Waals surface area contributed by atoms with Gasteiger partial charge in [-0.1, -0.05) is 23.2 Å². The molecule has 1 aromatic carbocycles. The van der Waals surface area contributed by atoms with Gasteiger partial charge in [0.05, 0.1) is 27.3 Å². The van der Waals surface area contributed by atoms with Crippen molar-refractivity contribution in [3.63, 3.8) is 0 Å².